The highest BCUT2D eigenvalue weighted by Crippen LogP contribution is 2.23. The highest BCUT2D eigenvalue weighted by molar-refractivity contribution is 9.10. The molecule has 0 atom stereocenters. The van der Waals surface area contributed by atoms with Crippen LogP contribution >= 0.6 is 15.9 Å². The summed E-state index contributed by atoms with van der Waals surface area (Å²) in [5.74, 6) is 1.87. The van der Waals surface area contributed by atoms with Crippen molar-refractivity contribution >= 4 is 15.9 Å². The number of rotatable bonds is 6. The molecule has 0 amide bonds. The fraction of sp³-hybridized carbons (Fsp3) is 0.625. The van der Waals surface area contributed by atoms with Gasteiger partial charge in [0.25, 0.3) is 0 Å². The molecule has 1 aliphatic carbocycles. The van der Waals surface area contributed by atoms with Crippen LogP contribution < -0.4 is 10.1 Å². The summed E-state index contributed by atoms with van der Waals surface area (Å²) in [5.41, 5.74) is 1.19. The van der Waals surface area contributed by atoms with Crippen LogP contribution in [0.25, 0.3) is 0 Å². The van der Waals surface area contributed by atoms with Crippen molar-refractivity contribution in [2.75, 3.05) is 19.7 Å². The number of hydrogen-bond donors (Lipinski definition) is 1. The molecule has 0 aliphatic heterocycles. The van der Waals surface area contributed by atoms with E-state index < -0.39 is 0 Å². The lowest BCUT2D eigenvalue weighted by atomic mass is 9.89. The van der Waals surface area contributed by atoms with Crippen LogP contribution in [-0.2, 0) is 0 Å². The summed E-state index contributed by atoms with van der Waals surface area (Å²) in [5, 5.41) is 3.52. The Bertz CT molecular complexity index is 388. The van der Waals surface area contributed by atoms with E-state index in [0.717, 1.165) is 35.8 Å². The first-order valence-electron chi connectivity index (χ1n) is 7.35. The normalized spacial score (nSPS) is 16.5. The van der Waals surface area contributed by atoms with Gasteiger partial charge >= 0.3 is 0 Å². The standard InChI is InChI=1S/C16H24BrNO/c1-13-7-8-15(17)11-16(13)19-10-9-18-12-14-5-3-2-4-6-14/h7-8,11,14,18H,2-6,9-10,12H2,1H3. The number of hydrogen-bond acceptors (Lipinski definition) is 2. The van der Waals surface area contributed by atoms with Crippen LogP contribution in [0.1, 0.15) is 37.7 Å². The molecule has 0 aromatic heterocycles. The minimum atomic E-state index is 0.740. The summed E-state index contributed by atoms with van der Waals surface area (Å²) in [6.45, 7) is 4.91. The molecule has 1 saturated carbocycles. The Morgan fingerprint density at radius 3 is 2.84 bits per heavy atom. The molecule has 0 unspecified atom stereocenters. The monoisotopic (exact) mass is 325 g/mol. The molecule has 106 valence electrons. The minimum Gasteiger partial charge on any atom is -0.492 e. The molecule has 19 heavy (non-hydrogen) atoms. The van der Waals surface area contributed by atoms with Gasteiger partial charge in [0.15, 0.2) is 0 Å². The Kier molecular flexibility index (Phi) is 6.18. The number of ether oxygens (including phenoxy) is 1. The number of benzene rings is 1. The molecular weight excluding hydrogens is 302 g/mol. The quantitative estimate of drug-likeness (QED) is 0.787. The zero-order valence-corrected chi connectivity index (χ0v) is 13.3. The van der Waals surface area contributed by atoms with E-state index in [4.69, 9.17) is 4.74 Å². The second-order valence-corrected chi connectivity index (χ2v) is 6.38. The first-order chi connectivity index (χ1) is 9.25. The maximum Gasteiger partial charge on any atom is 0.123 e. The molecule has 1 aromatic carbocycles. The van der Waals surface area contributed by atoms with Crippen molar-refractivity contribution in [3.63, 3.8) is 0 Å². The van der Waals surface area contributed by atoms with Gasteiger partial charge in [-0.3, -0.25) is 0 Å². The summed E-state index contributed by atoms with van der Waals surface area (Å²) >= 11 is 3.48. The average molecular weight is 326 g/mol. The van der Waals surface area contributed by atoms with Gasteiger partial charge in [0.05, 0.1) is 0 Å². The van der Waals surface area contributed by atoms with Gasteiger partial charge in [-0.15, -0.1) is 0 Å². The van der Waals surface area contributed by atoms with Crippen LogP contribution in [0.15, 0.2) is 22.7 Å². The third kappa shape index (κ3) is 5.15. The summed E-state index contributed by atoms with van der Waals surface area (Å²) in [7, 11) is 0. The van der Waals surface area contributed by atoms with Crippen LogP contribution in [0.3, 0.4) is 0 Å². The van der Waals surface area contributed by atoms with E-state index in [1.165, 1.54) is 37.7 Å². The molecule has 0 heterocycles. The van der Waals surface area contributed by atoms with Crippen molar-refractivity contribution < 1.29 is 4.74 Å². The van der Waals surface area contributed by atoms with Gasteiger partial charge in [0.1, 0.15) is 12.4 Å². The Morgan fingerprint density at radius 1 is 1.26 bits per heavy atom. The highest BCUT2D eigenvalue weighted by atomic mass is 79.9. The second kappa shape index (κ2) is 7.91. The Labute approximate surface area is 125 Å². The number of aryl methyl sites for hydroxylation is 1. The lowest BCUT2D eigenvalue weighted by molar-refractivity contribution is 0.293. The molecule has 2 rings (SSSR count). The summed E-state index contributed by atoms with van der Waals surface area (Å²) in [6.07, 6.45) is 7.07. The lowest BCUT2D eigenvalue weighted by Gasteiger charge is -2.21. The molecule has 0 bridgehead atoms. The van der Waals surface area contributed by atoms with Gasteiger partial charge in [0, 0.05) is 11.0 Å². The smallest absolute Gasteiger partial charge is 0.123 e. The molecule has 3 heteroatoms. The van der Waals surface area contributed by atoms with Gasteiger partial charge in [0.2, 0.25) is 0 Å². The molecule has 0 saturated heterocycles. The SMILES string of the molecule is Cc1ccc(Br)cc1OCCNCC1CCCCC1. The van der Waals surface area contributed by atoms with Gasteiger partial charge in [-0.2, -0.15) is 0 Å². The molecule has 1 fully saturated rings. The van der Waals surface area contributed by atoms with Crippen LogP contribution in [0.5, 0.6) is 5.75 Å². The first kappa shape index (κ1) is 14.9. The van der Waals surface area contributed by atoms with Gasteiger partial charge in [-0.1, -0.05) is 41.3 Å². The van der Waals surface area contributed by atoms with Crippen molar-refractivity contribution in [1.29, 1.82) is 0 Å². The van der Waals surface area contributed by atoms with E-state index in [0.29, 0.717) is 0 Å². The molecule has 1 aromatic rings. The van der Waals surface area contributed by atoms with E-state index in [2.05, 4.69) is 34.2 Å². The minimum absolute atomic E-state index is 0.740. The van der Waals surface area contributed by atoms with E-state index in [1.54, 1.807) is 0 Å². The van der Waals surface area contributed by atoms with Crippen LogP contribution in [-0.4, -0.2) is 19.7 Å². The van der Waals surface area contributed by atoms with E-state index in [1.807, 2.05) is 12.1 Å². The number of nitrogens with one attached hydrogen (secondary N) is 1. The maximum absolute atomic E-state index is 5.81. The Morgan fingerprint density at radius 2 is 2.05 bits per heavy atom. The van der Waals surface area contributed by atoms with E-state index in [-0.39, 0.29) is 0 Å². The summed E-state index contributed by atoms with van der Waals surface area (Å²) < 4.78 is 6.89. The van der Waals surface area contributed by atoms with Gasteiger partial charge < -0.3 is 10.1 Å². The van der Waals surface area contributed by atoms with Crippen molar-refractivity contribution in [3.05, 3.63) is 28.2 Å². The van der Waals surface area contributed by atoms with Gasteiger partial charge in [-0.25, -0.2) is 0 Å². The Balaban J connectivity index is 1.62. The molecule has 1 aliphatic rings. The Hall–Kier alpha value is -0.540. The van der Waals surface area contributed by atoms with Crippen molar-refractivity contribution in [1.82, 2.24) is 5.32 Å². The van der Waals surface area contributed by atoms with E-state index in [9.17, 15) is 0 Å². The summed E-state index contributed by atoms with van der Waals surface area (Å²) in [4.78, 5) is 0. The van der Waals surface area contributed by atoms with Crippen molar-refractivity contribution in [3.8, 4) is 5.75 Å². The molecule has 1 N–H and O–H groups in total. The predicted octanol–water partition coefficient (Wildman–Crippen LogP) is 4.31. The molecular formula is C16H24BrNO. The molecule has 2 nitrogen and oxygen atoms in total. The topological polar surface area (TPSA) is 21.3 Å². The third-order valence-electron chi connectivity index (χ3n) is 3.84. The number of halogens is 1. The van der Waals surface area contributed by atoms with Crippen LogP contribution in [0.4, 0.5) is 0 Å². The molecule has 0 spiro atoms. The fourth-order valence-corrected chi connectivity index (χ4v) is 3.00. The third-order valence-corrected chi connectivity index (χ3v) is 4.34. The zero-order valence-electron chi connectivity index (χ0n) is 11.8. The fourth-order valence-electron chi connectivity index (χ4n) is 2.66. The average Bonchev–Trinajstić information content (AvgIpc) is 2.43. The lowest BCUT2D eigenvalue weighted by Crippen LogP contribution is -2.28. The predicted molar refractivity (Wildman–Crippen MR) is 83.8 cm³/mol. The van der Waals surface area contributed by atoms with E-state index >= 15 is 0 Å². The highest BCUT2D eigenvalue weighted by Gasteiger charge is 2.12. The molecule has 0 radical (unpaired) electrons. The van der Waals surface area contributed by atoms with Crippen molar-refractivity contribution in [2.24, 2.45) is 5.92 Å². The first-order valence-corrected chi connectivity index (χ1v) is 8.14. The zero-order chi connectivity index (χ0) is 13.5. The second-order valence-electron chi connectivity index (χ2n) is 5.47. The van der Waals surface area contributed by atoms with Crippen LogP contribution in [0, 0.1) is 12.8 Å². The van der Waals surface area contributed by atoms with Crippen LogP contribution in [0.2, 0.25) is 0 Å². The largest absolute Gasteiger partial charge is 0.492 e. The summed E-state index contributed by atoms with van der Waals surface area (Å²) in [6, 6.07) is 6.16. The van der Waals surface area contributed by atoms with Crippen molar-refractivity contribution in [2.45, 2.75) is 39.0 Å². The van der Waals surface area contributed by atoms with Gasteiger partial charge in [-0.05, 0) is 49.9 Å². The maximum atomic E-state index is 5.81.